The van der Waals surface area contributed by atoms with Crippen molar-refractivity contribution >= 4 is 22.9 Å². The molecule has 0 radical (unpaired) electrons. The van der Waals surface area contributed by atoms with E-state index in [2.05, 4.69) is 4.98 Å². The van der Waals surface area contributed by atoms with Crippen LogP contribution in [0.3, 0.4) is 0 Å². The molecule has 2 aromatic carbocycles. The Morgan fingerprint density at radius 3 is 2.48 bits per heavy atom. The van der Waals surface area contributed by atoms with Crippen LogP contribution in [0.15, 0.2) is 45.6 Å². The van der Waals surface area contributed by atoms with Crippen LogP contribution < -0.4 is 5.63 Å². The van der Waals surface area contributed by atoms with E-state index in [0.717, 1.165) is 16.7 Å². The van der Waals surface area contributed by atoms with E-state index < -0.39 is 5.63 Å². The second kappa shape index (κ2) is 5.72. The molecule has 3 aromatic rings. The summed E-state index contributed by atoms with van der Waals surface area (Å²) in [6.45, 7) is 5.86. The van der Waals surface area contributed by atoms with Gasteiger partial charge in [-0.2, -0.15) is 0 Å². The zero-order chi connectivity index (χ0) is 16.6. The quantitative estimate of drug-likeness (QED) is 0.722. The van der Waals surface area contributed by atoms with Crippen molar-refractivity contribution < 1.29 is 9.52 Å². The predicted molar refractivity (Wildman–Crippen MR) is 91.4 cm³/mol. The zero-order valence-electron chi connectivity index (χ0n) is 13.3. The first kappa shape index (κ1) is 15.0. The van der Waals surface area contributed by atoms with Crippen LogP contribution in [-0.2, 0) is 0 Å². The Labute approximate surface area is 133 Å². The average molecular weight is 307 g/mol. The van der Waals surface area contributed by atoms with Gasteiger partial charge >= 0.3 is 5.63 Å². The fraction of sp³-hybridized carbons (Fsp3) is 0.158. The van der Waals surface area contributed by atoms with Gasteiger partial charge in [-0.3, -0.25) is 0 Å². The van der Waals surface area contributed by atoms with Gasteiger partial charge in [-0.15, -0.1) is 0 Å². The van der Waals surface area contributed by atoms with Gasteiger partial charge in [-0.05, 0) is 44.0 Å². The minimum Gasteiger partial charge on any atom is -0.507 e. The van der Waals surface area contributed by atoms with Crippen molar-refractivity contribution in [1.82, 2.24) is 4.98 Å². The highest BCUT2D eigenvalue weighted by Crippen LogP contribution is 2.24. The van der Waals surface area contributed by atoms with Crippen LogP contribution in [0.2, 0.25) is 0 Å². The number of aromatic nitrogens is 1. The molecule has 0 saturated carbocycles. The molecule has 4 heteroatoms. The number of aliphatic hydroxyl groups is 1. The number of aryl methyl sites for hydroxylation is 3. The van der Waals surface area contributed by atoms with Gasteiger partial charge < -0.3 is 9.52 Å². The topological polar surface area (TPSA) is 63.3 Å². The average Bonchev–Trinajstić information content (AvgIpc) is 2.47. The molecule has 0 bridgehead atoms. The maximum atomic E-state index is 12.0. The first-order valence-electron chi connectivity index (χ1n) is 7.34. The summed E-state index contributed by atoms with van der Waals surface area (Å²) in [6, 6.07) is 11.0. The second-order valence-corrected chi connectivity index (χ2v) is 5.66. The molecule has 3 rings (SSSR count). The minimum absolute atomic E-state index is 0.00933. The summed E-state index contributed by atoms with van der Waals surface area (Å²) in [5, 5.41) is 10.5. The van der Waals surface area contributed by atoms with E-state index in [4.69, 9.17) is 4.42 Å². The standard InChI is InChI=1S/C19H17NO3/c1-11-8-12(2)18(13(3)9-11)16(21)10-15-19(22)23-17-7-5-4-6-14(17)20-15/h4-10,21H,1-3H3/b16-10-. The van der Waals surface area contributed by atoms with Crippen molar-refractivity contribution in [1.29, 1.82) is 0 Å². The van der Waals surface area contributed by atoms with Crippen LogP contribution >= 0.6 is 0 Å². The third-order valence-electron chi connectivity index (χ3n) is 3.72. The Bertz CT molecular complexity index is 960. The molecular formula is C19H17NO3. The molecule has 0 unspecified atom stereocenters. The highest BCUT2D eigenvalue weighted by Gasteiger charge is 2.11. The van der Waals surface area contributed by atoms with Gasteiger partial charge in [-0.25, -0.2) is 9.78 Å². The van der Waals surface area contributed by atoms with Gasteiger partial charge in [0.05, 0.1) is 0 Å². The van der Waals surface area contributed by atoms with Crippen LogP contribution in [0.5, 0.6) is 0 Å². The normalized spacial score (nSPS) is 11.9. The number of benzene rings is 2. The largest absolute Gasteiger partial charge is 0.507 e. The maximum absolute atomic E-state index is 12.0. The van der Waals surface area contributed by atoms with Gasteiger partial charge in [0.1, 0.15) is 11.3 Å². The lowest BCUT2D eigenvalue weighted by Crippen LogP contribution is -2.07. The molecule has 1 N–H and O–H groups in total. The van der Waals surface area contributed by atoms with E-state index >= 15 is 0 Å². The molecule has 0 atom stereocenters. The molecule has 4 nitrogen and oxygen atoms in total. The molecule has 0 spiro atoms. The lowest BCUT2D eigenvalue weighted by molar-refractivity contribution is 0.512. The van der Waals surface area contributed by atoms with Crippen LogP contribution in [-0.4, -0.2) is 10.1 Å². The molecule has 1 heterocycles. The second-order valence-electron chi connectivity index (χ2n) is 5.66. The van der Waals surface area contributed by atoms with E-state index in [0.29, 0.717) is 16.7 Å². The number of aliphatic hydroxyl groups excluding tert-OH is 1. The van der Waals surface area contributed by atoms with Gasteiger partial charge in [0.2, 0.25) is 0 Å². The molecule has 0 amide bonds. The van der Waals surface area contributed by atoms with Gasteiger partial charge in [-0.1, -0.05) is 29.8 Å². The molecular weight excluding hydrogens is 290 g/mol. The Hall–Kier alpha value is -2.88. The molecule has 1 aromatic heterocycles. The lowest BCUT2D eigenvalue weighted by atomic mass is 9.98. The SMILES string of the molecule is Cc1cc(C)c(/C(O)=C/c2nc3ccccc3oc2=O)c(C)c1. The van der Waals surface area contributed by atoms with Gasteiger partial charge in [0, 0.05) is 11.6 Å². The monoisotopic (exact) mass is 307 g/mol. The number of hydrogen-bond acceptors (Lipinski definition) is 4. The summed E-state index contributed by atoms with van der Waals surface area (Å²) in [4.78, 5) is 16.3. The summed E-state index contributed by atoms with van der Waals surface area (Å²) in [6.07, 6.45) is 1.36. The third-order valence-corrected chi connectivity index (χ3v) is 3.72. The van der Waals surface area contributed by atoms with Gasteiger partial charge in [0.15, 0.2) is 11.3 Å². The zero-order valence-corrected chi connectivity index (χ0v) is 13.3. The van der Waals surface area contributed by atoms with E-state index in [9.17, 15) is 9.90 Å². The minimum atomic E-state index is -0.572. The fourth-order valence-electron chi connectivity index (χ4n) is 2.84. The molecule has 0 aliphatic carbocycles. The molecule has 0 aliphatic heterocycles. The highest BCUT2D eigenvalue weighted by molar-refractivity contribution is 5.80. The van der Waals surface area contributed by atoms with Crippen LogP contribution in [0.1, 0.15) is 27.9 Å². The summed E-state index contributed by atoms with van der Waals surface area (Å²) in [5.41, 5.74) is 4.24. The van der Waals surface area contributed by atoms with E-state index in [1.807, 2.05) is 39.0 Å². The first-order chi connectivity index (χ1) is 11.0. The van der Waals surface area contributed by atoms with Crippen LogP contribution in [0.4, 0.5) is 0 Å². The Balaban J connectivity index is 2.15. The molecule has 0 fully saturated rings. The van der Waals surface area contributed by atoms with Crippen LogP contribution in [0.25, 0.3) is 22.9 Å². The smallest absolute Gasteiger partial charge is 0.362 e. The fourth-order valence-corrected chi connectivity index (χ4v) is 2.84. The van der Waals surface area contributed by atoms with Crippen molar-refractivity contribution in [2.75, 3.05) is 0 Å². The maximum Gasteiger partial charge on any atom is 0.362 e. The van der Waals surface area contributed by atoms with Crippen LogP contribution in [0, 0.1) is 20.8 Å². The van der Waals surface area contributed by atoms with Crippen molar-refractivity contribution in [3.8, 4) is 0 Å². The van der Waals surface area contributed by atoms with E-state index in [1.54, 1.807) is 18.2 Å². The first-order valence-corrected chi connectivity index (χ1v) is 7.34. The molecule has 23 heavy (non-hydrogen) atoms. The number of rotatable bonds is 2. The molecule has 0 saturated heterocycles. The third kappa shape index (κ3) is 2.88. The number of hydrogen-bond donors (Lipinski definition) is 1. The van der Waals surface area contributed by atoms with Gasteiger partial charge in [0.25, 0.3) is 0 Å². The summed E-state index contributed by atoms with van der Waals surface area (Å²) >= 11 is 0. The molecule has 0 aliphatic rings. The van der Waals surface area contributed by atoms with Crippen molar-refractivity contribution in [3.63, 3.8) is 0 Å². The summed E-state index contributed by atoms with van der Waals surface area (Å²) < 4.78 is 5.24. The number of para-hydroxylation sites is 2. The van der Waals surface area contributed by atoms with Crippen molar-refractivity contribution in [3.05, 3.63) is 74.8 Å². The predicted octanol–water partition coefficient (Wildman–Crippen LogP) is 4.17. The Morgan fingerprint density at radius 1 is 1.13 bits per heavy atom. The number of nitrogens with zero attached hydrogens (tertiary/aromatic N) is 1. The highest BCUT2D eigenvalue weighted by atomic mass is 16.4. The number of fused-ring (bicyclic) bond motifs is 1. The van der Waals surface area contributed by atoms with E-state index in [-0.39, 0.29) is 11.5 Å². The Morgan fingerprint density at radius 2 is 1.78 bits per heavy atom. The van der Waals surface area contributed by atoms with Crippen molar-refractivity contribution in [2.45, 2.75) is 20.8 Å². The summed E-state index contributed by atoms with van der Waals surface area (Å²) in [7, 11) is 0. The lowest BCUT2D eigenvalue weighted by Gasteiger charge is -2.10. The Kier molecular flexibility index (Phi) is 3.74. The summed E-state index contributed by atoms with van der Waals surface area (Å²) in [5.74, 6) is 0.00933. The van der Waals surface area contributed by atoms with E-state index in [1.165, 1.54) is 6.08 Å². The molecule has 116 valence electrons. The van der Waals surface area contributed by atoms with Crippen molar-refractivity contribution in [2.24, 2.45) is 0 Å².